The molecule has 128 valence electrons. The third kappa shape index (κ3) is 5.40. The lowest BCUT2D eigenvalue weighted by atomic mass is 10.1. The monoisotopic (exact) mass is 347 g/mol. The average Bonchev–Trinajstić information content (AvgIpc) is 2.60. The van der Waals surface area contributed by atoms with Gasteiger partial charge >= 0.3 is 0 Å². The normalized spacial score (nSPS) is 11.6. The summed E-state index contributed by atoms with van der Waals surface area (Å²) in [4.78, 5) is 0. The van der Waals surface area contributed by atoms with E-state index in [1.807, 2.05) is 42.5 Å². The number of ether oxygens (including phenoxy) is 2. The Hall–Kier alpha value is -2.31. The second-order valence-electron chi connectivity index (χ2n) is 5.09. The molecule has 0 radical (unpaired) electrons. The predicted molar refractivity (Wildman–Crippen MR) is 95.6 cm³/mol. The molecule has 0 amide bonds. The molecule has 1 N–H and O–H groups in total. The average molecular weight is 347 g/mol. The zero-order valence-electron chi connectivity index (χ0n) is 13.7. The SMILES string of the molecule is COc1ccc(CCNS(=O)(=O)C=Cc2ccccc2)cc1OC. The van der Waals surface area contributed by atoms with Crippen LogP contribution in [0.4, 0.5) is 0 Å². The Labute approximate surface area is 143 Å². The standard InChI is InChI=1S/C18H21NO4S/c1-22-17-9-8-16(14-18(17)23-2)10-12-19-24(20,21)13-11-15-6-4-3-5-7-15/h3-9,11,13-14,19H,10,12H2,1-2H3. The Morgan fingerprint density at radius 1 is 1.00 bits per heavy atom. The molecule has 2 rings (SSSR count). The minimum absolute atomic E-state index is 0.303. The lowest BCUT2D eigenvalue weighted by molar-refractivity contribution is 0.354. The minimum Gasteiger partial charge on any atom is -0.493 e. The van der Waals surface area contributed by atoms with Crippen molar-refractivity contribution in [2.75, 3.05) is 20.8 Å². The number of methoxy groups -OCH3 is 2. The number of hydrogen-bond donors (Lipinski definition) is 1. The number of nitrogens with one attached hydrogen (secondary N) is 1. The van der Waals surface area contributed by atoms with Crippen molar-refractivity contribution in [3.8, 4) is 11.5 Å². The van der Waals surface area contributed by atoms with E-state index in [9.17, 15) is 8.42 Å². The van der Waals surface area contributed by atoms with Gasteiger partial charge in [0.1, 0.15) is 0 Å². The van der Waals surface area contributed by atoms with Gasteiger partial charge in [0.15, 0.2) is 11.5 Å². The van der Waals surface area contributed by atoms with Crippen LogP contribution in [0.3, 0.4) is 0 Å². The van der Waals surface area contributed by atoms with Gasteiger partial charge in [-0.2, -0.15) is 0 Å². The molecule has 0 saturated carbocycles. The van der Waals surface area contributed by atoms with E-state index < -0.39 is 10.0 Å². The van der Waals surface area contributed by atoms with Crippen LogP contribution in [-0.4, -0.2) is 29.2 Å². The fraction of sp³-hybridized carbons (Fsp3) is 0.222. The molecule has 5 nitrogen and oxygen atoms in total. The molecule has 2 aromatic carbocycles. The fourth-order valence-corrected chi connectivity index (χ4v) is 2.97. The summed E-state index contributed by atoms with van der Waals surface area (Å²) in [6.45, 7) is 0.303. The molecule has 0 heterocycles. The Morgan fingerprint density at radius 3 is 2.38 bits per heavy atom. The maximum absolute atomic E-state index is 12.0. The van der Waals surface area contributed by atoms with Crippen LogP contribution in [0.5, 0.6) is 11.5 Å². The molecule has 0 bridgehead atoms. The molecule has 0 aliphatic carbocycles. The van der Waals surface area contributed by atoms with E-state index in [0.717, 1.165) is 11.1 Å². The van der Waals surface area contributed by atoms with Crippen LogP contribution in [0.2, 0.25) is 0 Å². The largest absolute Gasteiger partial charge is 0.493 e. The Balaban J connectivity index is 1.92. The molecule has 2 aromatic rings. The first-order valence-electron chi connectivity index (χ1n) is 7.48. The molecule has 24 heavy (non-hydrogen) atoms. The molecule has 0 saturated heterocycles. The van der Waals surface area contributed by atoms with E-state index >= 15 is 0 Å². The van der Waals surface area contributed by atoms with Gasteiger partial charge in [-0.15, -0.1) is 0 Å². The van der Waals surface area contributed by atoms with Crippen LogP contribution in [0, 0.1) is 0 Å². The highest BCUT2D eigenvalue weighted by molar-refractivity contribution is 7.92. The Morgan fingerprint density at radius 2 is 1.71 bits per heavy atom. The van der Waals surface area contributed by atoms with Crippen LogP contribution in [0.25, 0.3) is 6.08 Å². The first-order valence-corrected chi connectivity index (χ1v) is 9.02. The third-order valence-corrected chi connectivity index (χ3v) is 4.50. The van der Waals surface area contributed by atoms with Crippen molar-refractivity contribution in [3.63, 3.8) is 0 Å². The van der Waals surface area contributed by atoms with Crippen LogP contribution in [0.15, 0.2) is 53.9 Å². The Kier molecular flexibility index (Phi) is 6.40. The molecular formula is C18H21NO4S. The van der Waals surface area contributed by atoms with Gasteiger partial charge in [-0.1, -0.05) is 36.4 Å². The van der Waals surface area contributed by atoms with Crippen molar-refractivity contribution in [1.29, 1.82) is 0 Å². The van der Waals surface area contributed by atoms with Crippen molar-refractivity contribution in [3.05, 3.63) is 65.1 Å². The topological polar surface area (TPSA) is 64.6 Å². The quantitative estimate of drug-likeness (QED) is 0.797. The summed E-state index contributed by atoms with van der Waals surface area (Å²) in [6.07, 6.45) is 2.12. The summed E-state index contributed by atoms with van der Waals surface area (Å²) in [7, 11) is -0.323. The van der Waals surface area contributed by atoms with Crippen LogP contribution in [-0.2, 0) is 16.4 Å². The van der Waals surface area contributed by atoms with Gasteiger partial charge in [-0.05, 0) is 35.8 Å². The lowest BCUT2D eigenvalue weighted by Gasteiger charge is -2.09. The molecule has 0 spiro atoms. The second kappa shape index (κ2) is 8.52. The van der Waals surface area contributed by atoms with E-state index in [0.29, 0.717) is 24.5 Å². The highest BCUT2D eigenvalue weighted by atomic mass is 32.2. The van der Waals surface area contributed by atoms with Crippen molar-refractivity contribution in [2.24, 2.45) is 0 Å². The van der Waals surface area contributed by atoms with Gasteiger partial charge in [0, 0.05) is 12.0 Å². The number of sulfonamides is 1. The van der Waals surface area contributed by atoms with E-state index in [2.05, 4.69) is 4.72 Å². The zero-order valence-corrected chi connectivity index (χ0v) is 14.5. The summed E-state index contributed by atoms with van der Waals surface area (Å²) in [5.41, 5.74) is 1.80. The smallest absolute Gasteiger partial charge is 0.233 e. The van der Waals surface area contributed by atoms with Gasteiger partial charge in [-0.3, -0.25) is 0 Å². The molecule has 0 atom stereocenters. The zero-order chi connectivity index (χ0) is 17.4. The van der Waals surface area contributed by atoms with Gasteiger partial charge in [0.2, 0.25) is 10.0 Å². The maximum Gasteiger partial charge on any atom is 0.233 e. The third-order valence-electron chi connectivity index (χ3n) is 3.40. The summed E-state index contributed by atoms with van der Waals surface area (Å²) >= 11 is 0. The van der Waals surface area contributed by atoms with Gasteiger partial charge < -0.3 is 9.47 Å². The van der Waals surface area contributed by atoms with E-state index in [-0.39, 0.29) is 0 Å². The molecule has 0 fully saturated rings. The molecule has 0 aliphatic rings. The van der Waals surface area contributed by atoms with Crippen molar-refractivity contribution in [2.45, 2.75) is 6.42 Å². The maximum atomic E-state index is 12.0. The number of rotatable bonds is 8. The molecule has 0 aliphatic heterocycles. The summed E-state index contributed by atoms with van der Waals surface area (Å²) in [5.74, 6) is 1.27. The molecule has 0 aromatic heterocycles. The highest BCUT2D eigenvalue weighted by Gasteiger charge is 2.07. The van der Waals surface area contributed by atoms with Crippen LogP contribution in [0.1, 0.15) is 11.1 Å². The van der Waals surface area contributed by atoms with Crippen molar-refractivity contribution >= 4 is 16.1 Å². The second-order valence-corrected chi connectivity index (χ2v) is 6.74. The van der Waals surface area contributed by atoms with Crippen LogP contribution < -0.4 is 14.2 Å². The highest BCUT2D eigenvalue weighted by Crippen LogP contribution is 2.27. The molecule has 6 heteroatoms. The van der Waals surface area contributed by atoms with E-state index in [1.54, 1.807) is 26.4 Å². The van der Waals surface area contributed by atoms with Gasteiger partial charge in [-0.25, -0.2) is 13.1 Å². The number of hydrogen-bond acceptors (Lipinski definition) is 4. The fourth-order valence-electron chi connectivity index (χ4n) is 2.15. The molecule has 0 unspecified atom stereocenters. The van der Waals surface area contributed by atoms with E-state index in [1.165, 1.54) is 5.41 Å². The van der Waals surface area contributed by atoms with Gasteiger partial charge in [0.05, 0.1) is 14.2 Å². The predicted octanol–water partition coefficient (Wildman–Crippen LogP) is 2.84. The summed E-state index contributed by atoms with van der Waals surface area (Å²) in [6, 6.07) is 14.8. The van der Waals surface area contributed by atoms with Crippen molar-refractivity contribution < 1.29 is 17.9 Å². The first-order chi connectivity index (χ1) is 11.5. The summed E-state index contributed by atoms with van der Waals surface area (Å²) < 4.78 is 36.9. The number of benzene rings is 2. The first kappa shape index (κ1) is 18.0. The van der Waals surface area contributed by atoms with E-state index in [4.69, 9.17) is 9.47 Å². The minimum atomic E-state index is -3.46. The molecular weight excluding hydrogens is 326 g/mol. The Bertz CT molecular complexity index is 786. The van der Waals surface area contributed by atoms with Gasteiger partial charge in [0.25, 0.3) is 0 Å². The van der Waals surface area contributed by atoms with Crippen molar-refractivity contribution in [1.82, 2.24) is 4.72 Å². The van der Waals surface area contributed by atoms with Crippen LogP contribution >= 0.6 is 0 Å². The summed E-state index contributed by atoms with van der Waals surface area (Å²) in [5, 5.41) is 1.18. The lowest BCUT2D eigenvalue weighted by Crippen LogP contribution is -2.23.